The van der Waals surface area contributed by atoms with Crippen LogP contribution in [0.2, 0.25) is 0 Å². The van der Waals surface area contributed by atoms with Crippen molar-refractivity contribution >= 4 is 0 Å². The summed E-state index contributed by atoms with van der Waals surface area (Å²) in [6.07, 6.45) is 1.53. The molecule has 1 N–H and O–H groups in total. The Labute approximate surface area is 90.7 Å². The first-order valence-corrected chi connectivity index (χ1v) is 4.94. The third-order valence-corrected chi connectivity index (χ3v) is 2.60. The van der Waals surface area contributed by atoms with E-state index in [0.717, 1.165) is 6.07 Å². The fourth-order valence-corrected chi connectivity index (χ4v) is 1.52. The SMILES string of the molecule is OC1(Cc2ccc(OC(F)F)cc2F)CC1. The van der Waals surface area contributed by atoms with Gasteiger partial charge in [0, 0.05) is 12.5 Å². The van der Waals surface area contributed by atoms with Crippen LogP contribution in [-0.4, -0.2) is 17.3 Å². The fraction of sp³-hybridized carbons (Fsp3) is 0.455. The lowest BCUT2D eigenvalue weighted by atomic mass is 10.1. The van der Waals surface area contributed by atoms with Gasteiger partial charge in [0.25, 0.3) is 0 Å². The number of rotatable bonds is 4. The maximum Gasteiger partial charge on any atom is 0.387 e. The molecule has 1 saturated carbocycles. The quantitative estimate of drug-likeness (QED) is 0.864. The summed E-state index contributed by atoms with van der Waals surface area (Å²) in [4.78, 5) is 0. The highest BCUT2D eigenvalue weighted by molar-refractivity contribution is 5.30. The molecule has 0 aliphatic heterocycles. The van der Waals surface area contributed by atoms with Gasteiger partial charge in [0.05, 0.1) is 5.60 Å². The van der Waals surface area contributed by atoms with Crippen LogP contribution in [0.5, 0.6) is 5.75 Å². The molecule has 2 nitrogen and oxygen atoms in total. The minimum absolute atomic E-state index is 0.209. The molecule has 1 fully saturated rings. The molecule has 5 heteroatoms. The van der Waals surface area contributed by atoms with E-state index in [0.29, 0.717) is 18.4 Å². The van der Waals surface area contributed by atoms with Crippen LogP contribution in [-0.2, 0) is 6.42 Å². The average molecular weight is 232 g/mol. The molecule has 1 aliphatic carbocycles. The van der Waals surface area contributed by atoms with Gasteiger partial charge < -0.3 is 9.84 Å². The molecule has 1 aromatic rings. The van der Waals surface area contributed by atoms with E-state index in [-0.39, 0.29) is 12.2 Å². The van der Waals surface area contributed by atoms with Crippen molar-refractivity contribution in [2.45, 2.75) is 31.5 Å². The van der Waals surface area contributed by atoms with Crippen molar-refractivity contribution in [3.8, 4) is 5.75 Å². The molecule has 0 heterocycles. The summed E-state index contributed by atoms with van der Waals surface area (Å²) in [5, 5.41) is 9.60. The minimum Gasteiger partial charge on any atom is -0.435 e. The number of alkyl halides is 2. The van der Waals surface area contributed by atoms with Crippen LogP contribution in [0.3, 0.4) is 0 Å². The van der Waals surface area contributed by atoms with E-state index in [1.807, 2.05) is 0 Å². The minimum atomic E-state index is -2.96. The number of benzene rings is 1. The summed E-state index contributed by atoms with van der Waals surface area (Å²) in [6, 6.07) is 3.55. The molecule has 1 aliphatic rings. The lowest BCUT2D eigenvalue weighted by Crippen LogP contribution is -2.12. The Hall–Kier alpha value is -1.23. The number of hydrogen-bond donors (Lipinski definition) is 1. The Morgan fingerprint density at radius 3 is 2.56 bits per heavy atom. The predicted molar refractivity (Wildman–Crippen MR) is 50.9 cm³/mol. The summed E-state index contributed by atoms with van der Waals surface area (Å²) in [6.45, 7) is -2.96. The van der Waals surface area contributed by atoms with E-state index in [4.69, 9.17) is 0 Å². The summed E-state index contributed by atoms with van der Waals surface area (Å²) >= 11 is 0. The number of ether oxygens (including phenoxy) is 1. The number of aliphatic hydroxyl groups is 1. The van der Waals surface area contributed by atoms with Gasteiger partial charge in [-0.15, -0.1) is 0 Å². The van der Waals surface area contributed by atoms with Gasteiger partial charge in [-0.25, -0.2) is 4.39 Å². The topological polar surface area (TPSA) is 29.5 Å². The van der Waals surface area contributed by atoms with Crippen LogP contribution in [0.1, 0.15) is 18.4 Å². The first kappa shape index (κ1) is 11.3. The highest BCUT2D eigenvalue weighted by Gasteiger charge is 2.40. The van der Waals surface area contributed by atoms with E-state index >= 15 is 0 Å². The van der Waals surface area contributed by atoms with Crippen molar-refractivity contribution in [2.75, 3.05) is 0 Å². The largest absolute Gasteiger partial charge is 0.435 e. The van der Waals surface area contributed by atoms with Crippen molar-refractivity contribution in [1.29, 1.82) is 0 Å². The molecule has 0 spiro atoms. The summed E-state index contributed by atoms with van der Waals surface area (Å²) in [5.41, 5.74) is -0.479. The van der Waals surface area contributed by atoms with E-state index in [9.17, 15) is 18.3 Å². The second-order valence-corrected chi connectivity index (χ2v) is 4.03. The van der Waals surface area contributed by atoms with Crippen LogP contribution >= 0.6 is 0 Å². The van der Waals surface area contributed by atoms with Crippen molar-refractivity contribution < 1.29 is 23.0 Å². The van der Waals surface area contributed by atoms with Gasteiger partial charge in [-0.3, -0.25) is 0 Å². The van der Waals surface area contributed by atoms with Crippen molar-refractivity contribution in [2.24, 2.45) is 0 Å². The monoisotopic (exact) mass is 232 g/mol. The normalized spacial score (nSPS) is 17.6. The lowest BCUT2D eigenvalue weighted by Gasteiger charge is -2.10. The van der Waals surface area contributed by atoms with Crippen LogP contribution in [0.15, 0.2) is 18.2 Å². The zero-order valence-corrected chi connectivity index (χ0v) is 8.42. The fourth-order valence-electron chi connectivity index (χ4n) is 1.52. The molecule has 0 unspecified atom stereocenters. The molecule has 2 rings (SSSR count). The lowest BCUT2D eigenvalue weighted by molar-refractivity contribution is -0.0500. The summed E-state index contributed by atoms with van der Waals surface area (Å²) in [5.74, 6) is -0.836. The standard InChI is InChI=1S/C11H11F3O2/c12-9-5-8(16-10(13)14)2-1-7(9)6-11(15)3-4-11/h1-2,5,10,15H,3-4,6H2. The second-order valence-electron chi connectivity index (χ2n) is 4.03. The molecule has 0 radical (unpaired) electrons. The molecule has 0 saturated heterocycles. The second kappa shape index (κ2) is 3.97. The average Bonchev–Trinajstić information content (AvgIpc) is 2.88. The van der Waals surface area contributed by atoms with Gasteiger partial charge in [0.15, 0.2) is 0 Å². The van der Waals surface area contributed by atoms with Gasteiger partial charge >= 0.3 is 6.61 Å². The van der Waals surface area contributed by atoms with Gasteiger partial charge in [0.2, 0.25) is 0 Å². The molecule has 0 amide bonds. The molecule has 88 valence electrons. The Morgan fingerprint density at radius 1 is 1.38 bits per heavy atom. The first-order valence-electron chi connectivity index (χ1n) is 4.94. The summed E-state index contributed by atoms with van der Waals surface area (Å²) in [7, 11) is 0. The molecular weight excluding hydrogens is 221 g/mol. The van der Waals surface area contributed by atoms with Crippen LogP contribution in [0, 0.1) is 5.82 Å². The van der Waals surface area contributed by atoms with Gasteiger partial charge in [0.1, 0.15) is 11.6 Å². The van der Waals surface area contributed by atoms with Crippen LogP contribution < -0.4 is 4.74 Å². The third-order valence-electron chi connectivity index (χ3n) is 2.60. The van der Waals surface area contributed by atoms with Gasteiger partial charge in [-0.05, 0) is 24.5 Å². The van der Waals surface area contributed by atoms with Gasteiger partial charge in [-0.1, -0.05) is 6.07 Å². The summed E-state index contributed by atoms with van der Waals surface area (Å²) < 4.78 is 41.2. The van der Waals surface area contributed by atoms with E-state index in [1.54, 1.807) is 0 Å². The van der Waals surface area contributed by atoms with Crippen molar-refractivity contribution in [3.63, 3.8) is 0 Å². The van der Waals surface area contributed by atoms with E-state index in [2.05, 4.69) is 4.74 Å². The maximum atomic E-state index is 13.4. The highest BCUT2D eigenvalue weighted by Crippen LogP contribution is 2.39. The Bertz CT molecular complexity index is 389. The predicted octanol–water partition coefficient (Wildman–Crippen LogP) is 2.49. The molecule has 1 aromatic carbocycles. The number of halogens is 3. The third kappa shape index (κ3) is 2.66. The zero-order chi connectivity index (χ0) is 11.8. The van der Waals surface area contributed by atoms with Crippen LogP contribution in [0.4, 0.5) is 13.2 Å². The molecule has 0 atom stereocenters. The van der Waals surface area contributed by atoms with E-state index < -0.39 is 18.0 Å². The Kier molecular flexibility index (Phi) is 2.80. The van der Waals surface area contributed by atoms with Crippen molar-refractivity contribution in [1.82, 2.24) is 0 Å². The first-order chi connectivity index (χ1) is 7.48. The molecule has 16 heavy (non-hydrogen) atoms. The van der Waals surface area contributed by atoms with E-state index in [1.165, 1.54) is 12.1 Å². The molecule has 0 bridgehead atoms. The molecular formula is C11H11F3O2. The smallest absolute Gasteiger partial charge is 0.387 e. The molecule has 0 aromatic heterocycles. The van der Waals surface area contributed by atoms with Crippen molar-refractivity contribution in [3.05, 3.63) is 29.6 Å². The van der Waals surface area contributed by atoms with Crippen LogP contribution in [0.25, 0.3) is 0 Å². The Morgan fingerprint density at radius 2 is 2.06 bits per heavy atom. The maximum absolute atomic E-state index is 13.4. The highest BCUT2D eigenvalue weighted by atomic mass is 19.3. The Balaban J connectivity index is 2.10. The number of hydrogen-bond acceptors (Lipinski definition) is 2. The zero-order valence-electron chi connectivity index (χ0n) is 8.42. The van der Waals surface area contributed by atoms with Gasteiger partial charge in [-0.2, -0.15) is 8.78 Å².